The molecule has 2 rings (SSSR count). The van der Waals surface area contributed by atoms with E-state index >= 15 is 0 Å². The van der Waals surface area contributed by atoms with Gasteiger partial charge in [0, 0.05) is 5.69 Å². The Morgan fingerprint density at radius 2 is 1.94 bits per heavy atom. The zero-order chi connectivity index (χ0) is 12.1. The van der Waals surface area contributed by atoms with Crippen LogP contribution >= 0.6 is 0 Å². The second kappa shape index (κ2) is 5.92. The number of nitrogens with one attached hydrogen (secondary N) is 1. The van der Waals surface area contributed by atoms with E-state index in [0.717, 1.165) is 30.7 Å². The molecule has 3 nitrogen and oxygen atoms in total. The van der Waals surface area contributed by atoms with Gasteiger partial charge in [-0.15, -0.1) is 0 Å². The number of aliphatic hydroxyl groups is 1. The molecule has 2 N–H and O–H groups in total. The van der Waals surface area contributed by atoms with Crippen molar-refractivity contribution in [2.75, 3.05) is 11.9 Å². The summed E-state index contributed by atoms with van der Waals surface area (Å²) in [5.41, 5.74) is 1.06. The average molecular weight is 235 g/mol. The van der Waals surface area contributed by atoms with Crippen molar-refractivity contribution in [2.24, 2.45) is 0 Å². The quantitative estimate of drug-likeness (QED) is 0.843. The van der Waals surface area contributed by atoms with Crippen molar-refractivity contribution in [2.45, 2.75) is 44.8 Å². The minimum atomic E-state index is -0.213. The van der Waals surface area contributed by atoms with Crippen LogP contribution in [0.15, 0.2) is 24.3 Å². The van der Waals surface area contributed by atoms with Gasteiger partial charge in [-0.3, -0.25) is 0 Å². The lowest BCUT2D eigenvalue weighted by molar-refractivity contribution is 0.116. The van der Waals surface area contributed by atoms with Crippen molar-refractivity contribution in [3.8, 4) is 5.75 Å². The zero-order valence-corrected chi connectivity index (χ0v) is 10.4. The first-order chi connectivity index (χ1) is 8.29. The van der Waals surface area contributed by atoms with E-state index in [1.54, 1.807) is 0 Å². The third-order valence-electron chi connectivity index (χ3n) is 3.25. The van der Waals surface area contributed by atoms with Crippen LogP contribution in [0.3, 0.4) is 0 Å². The van der Waals surface area contributed by atoms with Crippen LogP contribution in [-0.4, -0.2) is 23.9 Å². The molecule has 0 bridgehead atoms. The van der Waals surface area contributed by atoms with Crippen molar-refractivity contribution in [3.05, 3.63) is 24.3 Å². The predicted molar refractivity (Wildman–Crippen MR) is 69.5 cm³/mol. The molecule has 0 saturated heterocycles. The Morgan fingerprint density at radius 1 is 1.24 bits per heavy atom. The molecule has 2 atom stereocenters. The molecule has 1 aromatic carbocycles. The largest absolute Gasteiger partial charge is 0.494 e. The second-order valence-electron chi connectivity index (χ2n) is 4.56. The molecule has 1 aromatic rings. The van der Waals surface area contributed by atoms with Gasteiger partial charge in [-0.2, -0.15) is 0 Å². The highest BCUT2D eigenvalue weighted by atomic mass is 16.5. The Balaban J connectivity index is 1.93. The highest BCUT2D eigenvalue weighted by Gasteiger charge is 2.22. The van der Waals surface area contributed by atoms with Crippen molar-refractivity contribution >= 4 is 5.69 Å². The maximum absolute atomic E-state index is 9.88. The van der Waals surface area contributed by atoms with Gasteiger partial charge in [-0.25, -0.2) is 0 Å². The predicted octanol–water partition coefficient (Wildman–Crippen LogP) is 2.80. The van der Waals surface area contributed by atoms with Gasteiger partial charge in [0.2, 0.25) is 0 Å². The fourth-order valence-corrected chi connectivity index (χ4v) is 2.31. The summed E-state index contributed by atoms with van der Waals surface area (Å²) in [4.78, 5) is 0. The fraction of sp³-hybridized carbons (Fsp3) is 0.571. The van der Waals surface area contributed by atoms with Crippen LogP contribution in [0.2, 0.25) is 0 Å². The summed E-state index contributed by atoms with van der Waals surface area (Å²) in [7, 11) is 0. The molecule has 17 heavy (non-hydrogen) atoms. The topological polar surface area (TPSA) is 41.5 Å². The summed E-state index contributed by atoms with van der Waals surface area (Å²) in [6, 6.07) is 8.13. The highest BCUT2D eigenvalue weighted by molar-refractivity contribution is 5.47. The van der Waals surface area contributed by atoms with Crippen molar-refractivity contribution in [1.82, 2.24) is 0 Å². The van der Waals surface area contributed by atoms with Gasteiger partial charge in [-0.1, -0.05) is 12.8 Å². The summed E-state index contributed by atoms with van der Waals surface area (Å²) < 4.78 is 5.39. The van der Waals surface area contributed by atoms with Gasteiger partial charge in [-0.05, 0) is 44.0 Å². The van der Waals surface area contributed by atoms with Gasteiger partial charge >= 0.3 is 0 Å². The molecule has 1 aliphatic rings. The number of hydrogen-bond donors (Lipinski definition) is 2. The third kappa shape index (κ3) is 3.37. The van der Waals surface area contributed by atoms with Gasteiger partial charge in [0.15, 0.2) is 0 Å². The molecule has 1 aliphatic carbocycles. The molecule has 0 amide bonds. The number of hydrogen-bond acceptors (Lipinski definition) is 3. The summed E-state index contributed by atoms with van der Waals surface area (Å²) in [6.07, 6.45) is 4.09. The minimum absolute atomic E-state index is 0.196. The lowest BCUT2D eigenvalue weighted by Gasteiger charge is -2.29. The molecule has 3 heteroatoms. The van der Waals surface area contributed by atoms with Crippen molar-refractivity contribution in [3.63, 3.8) is 0 Å². The van der Waals surface area contributed by atoms with Crippen LogP contribution in [0.5, 0.6) is 5.75 Å². The van der Waals surface area contributed by atoms with E-state index in [4.69, 9.17) is 4.74 Å². The summed E-state index contributed by atoms with van der Waals surface area (Å²) in [6.45, 7) is 2.67. The smallest absolute Gasteiger partial charge is 0.119 e. The van der Waals surface area contributed by atoms with Crippen LogP contribution in [0.4, 0.5) is 5.69 Å². The molecule has 1 saturated carbocycles. The van der Waals surface area contributed by atoms with E-state index in [0.29, 0.717) is 6.61 Å². The maximum atomic E-state index is 9.88. The molecule has 0 aromatic heterocycles. The van der Waals surface area contributed by atoms with Crippen LogP contribution in [0, 0.1) is 0 Å². The first kappa shape index (κ1) is 12.2. The lowest BCUT2D eigenvalue weighted by atomic mass is 9.92. The van der Waals surface area contributed by atoms with E-state index in [1.165, 1.54) is 6.42 Å². The molecular formula is C14H21NO2. The molecular weight excluding hydrogens is 214 g/mol. The molecule has 2 unspecified atom stereocenters. The Bertz CT molecular complexity index is 337. The number of aliphatic hydroxyl groups excluding tert-OH is 1. The third-order valence-corrected chi connectivity index (χ3v) is 3.25. The van der Waals surface area contributed by atoms with E-state index in [1.807, 2.05) is 31.2 Å². The zero-order valence-electron chi connectivity index (χ0n) is 10.4. The summed E-state index contributed by atoms with van der Waals surface area (Å²) >= 11 is 0. The van der Waals surface area contributed by atoms with Crippen molar-refractivity contribution < 1.29 is 9.84 Å². The van der Waals surface area contributed by atoms with Gasteiger partial charge in [0.05, 0.1) is 18.8 Å². The maximum Gasteiger partial charge on any atom is 0.119 e. The fourth-order valence-electron chi connectivity index (χ4n) is 2.31. The van der Waals surface area contributed by atoms with Crippen LogP contribution in [-0.2, 0) is 0 Å². The SMILES string of the molecule is CCOc1ccc(NC2CCCCC2O)cc1. The van der Waals surface area contributed by atoms with E-state index in [9.17, 15) is 5.11 Å². The molecule has 1 fully saturated rings. The molecule has 0 radical (unpaired) electrons. The van der Waals surface area contributed by atoms with Crippen molar-refractivity contribution in [1.29, 1.82) is 0 Å². The normalized spacial score (nSPS) is 24.4. The lowest BCUT2D eigenvalue weighted by Crippen LogP contribution is -2.36. The second-order valence-corrected chi connectivity index (χ2v) is 4.56. The Kier molecular flexibility index (Phi) is 4.26. The molecule has 0 spiro atoms. The van der Waals surface area contributed by atoms with Gasteiger partial charge in [0.25, 0.3) is 0 Å². The van der Waals surface area contributed by atoms with E-state index in [2.05, 4.69) is 5.32 Å². The van der Waals surface area contributed by atoms with Crippen LogP contribution in [0.25, 0.3) is 0 Å². The number of ether oxygens (including phenoxy) is 1. The molecule has 94 valence electrons. The Labute approximate surface area is 103 Å². The van der Waals surface area contributed by atoms with E-state index in [-0.39, 0.29) is 12.1 Å². The van der Waals surface area contributed by atoms with Crippen LogP contribution in [0.1, 0.15) is 32.6 Å². The standard InChI is InChI=1S/C14H21NO2/c1-2-17-12-9-7-11(8-10-12)15-13-5-3-4-6-14(13)16/h7-10,13-16H,2-6H2,1H3. The molecule has 0 aliphatic heterocycles. The summed E-state index contributed by atoms with van der Waals surface area (Å²) in [5, 5.41) is 13.3. The highest BCUT2D eigenvalue weighted by Crippen LogP contribution is 2.23. The first-order valence-electron chi connectivity index (χ1n) is 6.47. The number of anilines is 1. The first-order valence-corrected chi connectivity index (χ1v) is 6.47. The van der Waals surface area contributed by atoms with Gasteiger partial charge < -0.3 is 15.2 Å². The Hall–Kier alpha value is -1.22. The van der Waals surface area contributed by atoms with Gasteiger partial charge in [0.1, 0.15) is 5.75 Å². The Morgan fingerprint density at radius 3 is 2.59 bits per heavy atom. The van der Waals surface area contributed by atoms with Crippen LogP contribution < -0.4 is 10.1 Å². The number of benzene rings is 1. The average Bonchev–Trinajstić information content (AvgIpc) is 2.35. The minimum Gasteiger partial charge on any atom is -0.494 e. The number of rotatable bonds is 4. The monoisotopic (exact) mass is 235 g/mol. The summed E-state index contributed by atoms with van der Waals surface area (Å²) in [5.74, 6) is 0.891. The van der Waals surface area contributed by atoms with E-state index < -0.39 is 0 Å². The molecule has 0 heterocycles.